The quantitative estimate of drug-likeness (QED) is 0.740. The van der Waals surface area contributed by atoms with E-state index in [1.807, 2.05) is 49.6 Å². The molecule has 4 nitrogen and oxygen atoms in total. The summed E-state index contributed by atoms with van der Waals surface area (Å²) < 4.78 is 5.69. The van der Waals surface area contributed by atoms with Gasteiger partial charge in [0.1, 0.15) is 12.4 Å². The van der Waals surface area contributed by atoms with Gasteiger partial charge in [-0.15, -0.1) is 11.3 Å². The van der Waals surface area contributed by atoms with Crippen molar-refractivity contribution < 1.29 is 9.53 Å². The summed E-state index contributed by atoms with van der Waals surface area (Å²) in [7, 11) is 0. The lowest BCUT2D eigenvalue weighted by molar-refractivity contribution is 0.102. The highest BCUT2D eigenvalue weighted by molar-refractivity contribution is 7.07. The smallest absolute Gasteiger partial charge is 0.255 e. The molecular formula is C19H18N2O2S. The first-order chi connectivity index (χ1) is 11.6. The van der Waals surface area contributed by atoms with Gasteiger partial charge in [0.2, 0.25) is 0 Å². The maximum Gasteiger partial charge on any atom is 0.255 e. The van der Waals surface area contributed by atoms with Crippen LogP contribution in [0.1, 0.15) is 27.2 Å². The number of amides is 1. The fourth-order valence-electron chi connectivity index (χ4n) is 2.22. The highest BCUT2D eigenvalue weighted by atomic mass is 32.1. The molecule has 3 rings (SSSR count). The predicted molar refractivity (Wildman–Crippen MR) is 96.8 cm³/mol. The number of aromatic nitrogens is 1. The van der Waals surface area contributed by atoms with E-state index in [9.17, 15) is 4.79 Å². The van der Waals surface area contributed by atoms with Gasteiger partial charge in [0, 0.05) is 16.6 Å². The van der Waals surface area contributed by atoms with Gasteiger partial charge >= 0.3 is 0 Å². The predicted octanol–water partition coefficient (Wildman–Crippen LogP) is 4.59. The molecule has 1 heterocycles. The molecule has 0 aliphatic carbocycles. The molecule has 0 radical (unpaired) electrons. The van der Waals surface area contributed by atoms with E-state index in [-0.39, 0.29) is 5.91 Å². The van der Waals surface area contributed by atoms with Crippen molar-refractivity contribution in [2.75, 3.05) is 5.32 Å². The van der Waals surface area contributed by atoms with Crippen LogP contribution in [0.3, 0.4) is 0 Å². The lowest BCUT2D eigenvalue weighted by atomic mass is 10.1. The Hall–Kier alpha value is -2.66. The number of carbonyl (C=O) groups is 1. The minimum absolute atomic E-state index is 0.155. The van der Waals surface area contributed by atoms with Crippen molar-refractivity contribution in [3.05, 3.63) is 75.7 Å². The normalized spacial score (nSPS) is 10.4. The van der Waals surface area contributed by atoms with Gasteiger partial charge in [0.15, 0.2) is 0 Å². The van der Waals surface area contributed by atoms with E-state index in [4.69, 9.17) is 4.74 Å². The first kappa shape index (κ1) is 16.2. The number of benzene rings is 2. The van der Waals surface area contributed by atoms with Crippen molar-refractivity contribution in [1.29, 1.82) is 0 Å². The zero-order valence-corrected chi connectivity index (χ0v) is 14.4. The van der Waals surface area contributed by atoms with E-state index < -0.39 is 0 Å². The number of carbonyl (C=O) groups excluding carboxylic acids is 1. The van der Waals surface area contributed by atoms with Gasteiger partial charge in [-0.1, -0.05) is 12.1 Å². The van der Waals surface area contributed by atoms with Gasteiger partial charge in [-0.2, -0.15) is 0 Å². The van der Waals surface area contributed by atoms with Crippen LogP contribution in [0, 0.1) is 13.8 Å². The standard InChI is InChI=1S/C19H18N2O2S/c1-13-6-7-16(8-14(13)2)21-19(22)15-4-3-5-18(9-15)23-10-17-11-24-12-20-17/h3-9,11-12H,10H2,1-2H3,(H,21,22). The Morgan fingerprint density at radius 3 is 2.79 bits per heavy atom. The molecule has 3 aromatic rings. The molecule has 0 fully saturated rings. The Morgan fingerprint density at radius 2 is 2.04 bits per heavy atom. The number of anilines is 1. The highest BCUT2D eigenvalue weighted by Crippen LogP contribution is 2.18. The largest absolute Gasteiger partial charge is 0.487 e. The Bertz CT molecular complexity index is 844. The second-order valence-corrected chi connectivity index (χ2v) is 6.27. The van der Waals surface area contributed by atoms with E-state index in [0.717, 1.165) is 16.9 Å². The van der Waals surface area contributed by atoms with E-state index in [2.05, 4.69) is 10.3 Å². The number of hydrogen-bond donors (Lipinski definition) is 1. The van der Waals surface area contributed by atoms with Crippen LogP contribution in [0.25, 0.3) is 0 Å². The number of nitrogens with one attached hydrogen (secondary N) is 1. The van der Waals surface area contributed by atoms with Crippen LogP contribution in [0.4, 0.5) is 5.69 Å². The lowest BCUT2D eigenvalue weighted by Gasteiger charge is -2.09. The molecular weight excluding hydrogens is 320 g/mol. The maximum absolute atomic E-state index is 12.4. The van der Waals surface area contributed by atoms with E-state index in [1.54, 1.807) is 17.6 Å². The van der Waals surface area contributed by atoms with Crippen LogP contribution >= 0.6 is 11.3 Å². The van der Waals surface area contributed by atoms with Crippen molar-refractivity contribution in [3.63, 3.8) is 0 Å². The fraction of sp³-hybridized carbons (Fsp3) is 0.158. The first-order valence-corrected chi connectivity index (χ1v) is 8.54. The zero-order chi connectivity index (χ0) is 16.9. The number of thiazole rings is 1. The average molecular weight is 338 g/mol. The Morgan fingerprint density at radius 1 is 1.17 bits per heavy atom. The third kappa shape index (κ3) is 4.00. The molecule has 0 saturated heterocycles. The van der Waals surface area contributed by atoms with Gasteiger partial charge < -0.3 is 10.1 Å². The summed E-state index contributed by atoms with van der Waals surface area (Å²) in [5, 5.41) is 4.86. The van der Waals surface area contributed by atoms with Crippen molar-refractivity contribution in [1.82, 2.24) is 4.98 Å². The van der Waals surface area contributed by atoms with Gasteiger partial charge in [-0.3, -0.25) is 4.79 Å². The summed E-state index contributed by atoms with van der Waals surface area (Å²) in [5.74, 6) is 0.494. The number of nitrogens with zero attached hydrogens (tertiary/aromatic N) is 1. The minimum atomic E-state index is -0.155. The Balaban J connectivity index is 1.68. The second-order valence-electron chi connectivity index (χ2n) is 5.55. The van der Waals surface area contributed by atoms with Gasteiger partial charge in [0.25, 0.3) is 5.91 Å². The molecule has 2 aromatic carbocycles. The van der Waals surface area contributed by atoms with Crippen LogP contribution in [0.15, 0.2) is 53.4 Å². The topological polar surface area (TPSA) is 51.2 Å². The van der Waals surface area contributed by atoms with Crippen molar-refractivity contribution in [2.45, 2.75) is 20.5 Å². The zero-order valence-electron chi connectivity index (χ0n) is 13.6. The average Bonchev–Trinajstić information content (AvgIpc) is 3.10. The molecule has 1 N–H and O–H groups in total. The Kier molecular flexibility index (Phi) is 4.91. The third-order valence-corrected chi connectivity index (χ3v) is 4.37. The van der Waals surface area contributed by atoms with Crippen LogP contribution in [0.2, 0.25) is 0 Å². The van der Waals surface area contributed by atoms with Crippen molar-refractivity contribution in [3.8, 4) is 5.75 Å². The summed E-state index contributed by atoms with van der Waals surface area (Å²) >= 11 is 1.53. The van der Waals surface area contributed by atoms with Gasteiger partial charge in [-0.25, -0.2) is 4.98 Å². The van der Waals surface area contributed by atoms with Crippen LogP contribution in [-0.2, 0) is 6.61 Å². The molecule has 0 spiro atoms. The summed E-state index contributed by atoms with van der Waals surface area (Å²) in [4.78, 5) is 16.6. The molecule has 0 unspecified atom stereocenters. The number of ether oxygens (including phenoxy) is 1. The molecule has 5 heteroatoms. The van der Waals surface area contributed by atoms with Crippen molar-refractivity contribution >= 4 is 22.9 Å². The van der Waals surface area contributed by atoms with Gasteiger partial charge in [-0.05, 0) is 55.3 Å². The minimum Gasteiger partial charge on any atom is -0.487 e. The maximum atomic E-state index is 12.4. The van der Waals surface area contributed by atoms with E-state index in [1.165, 1.54) is 16.9 Å². The molecule has 24 heavy (non-hydrogen) atoms. The van der Waals surface area contributed by atoms with Crippen molar-refractivity contribution in [2.24, 2.45) is 0 Å². The summed E-state index contributed by atoms with van der Waals surface area (Å²) in [6.45, 7) is 4.47. The summed E-state index contributed by atoms with van der Waals surface area (Å²) in [6, 6.07) is 13.0. The number of aryl methyl sites for hydroxylation is 2. The lowest BCUT2D eigenvalue weighted by Crippen LogP contribution is -2.12. The second kappa shape index (κ2) is 7.27. The molecule has 0 atom stereocenters. The number of rotatable bonds is 5. The molecule has 0 bridgehead atoms. The first-order valence-electron chi connectivity index (χ1n) is 7.60. The molecule has 122 valence electrons. The number of hydrogen-bond acceptors (Lipinski definition) is 4. The molecule has 0 aliphatic heterocycles. The molecule has 0 aliphatic rings. The highest BCUT2D eigenvalue weighted by Gasteiger charge is 2.08. The van der Waals surface area contributed by atoms with E-state index >= 15 is 0 Å². The Labute approximate surface area is 145 Å². The molecule has 0 saturated carbocycles. The summed E-state index contributed by atoms with van der Waals surface area (Å²) in [6.07, 6.45) is 0. The SMILES string of the molecule is Cc1ccc(NC(=O)c2cccc(OCc3cscn3)c2)cc1C. The van der Waals surface area contributed by atoms with Crippen LogP contribution in [0.5, 0.6) is 5.75 Å². The molecule has 1 amide bonds. The van der Waals surface area contributed by atoms with Crippen LogP contribution in [-0.4, -0.2) is 10.9 Å². The van der Waals surface area contributed by atoms with Gasteiger partial charge in [0.05, 0.1) is 11.2 Å². The monoisotopic (exact) mass is 338 g/mol. The summed E-state index contributed by atoms with van der Waals surface area (Å²) in [5.41, 5.74) is 6.34. The van der Waals surface area contributed by atoms with Crippen LogP contribution < -0.4 is 10.1 Å². The fourth-order valence-corrected chi connectivity index (χ4v) is 2.76. The third-order valence-electron chi connectivity index (χ3n) is 3.73. The van der Waals surface area contributed by atoms with E-state index in [0.29, 0.717) is 17.9 Å². The molecule has 1 aromatic heterocycles.